The van der Waals surface area contributed by atoms with Crippen LogP contribution in [0.25, 0.3) is 0 Å². The Bertz CT molecular complexity index is 1220. The van der Waals surface area contributed by atoms with Gasteiger partial charge >= 0.3 is 0 Å². The second-order valence-electron chi connectivity index (χ2n) is 7.61. The highest BCUT2D eigenvalue weighted by Gasteiger charge is 2.27. The Hall–Kier alpha value is -2.83. The number of nitrogens with one attached hydrogen (secondary N) is 1. The SMILES string of the molecule is Cc1ccc(S(=O)(=O)N(CC(=O)Nc2ccc(C)c(Cl)c2)c2ccc(C)c(C)c2)cc1. The van der Waals surface area contributed by atoms with Crippen molar-refractivity contribution in [3.05, 3.63) is 87.9 Å². The lowest BCUT2D eigenvalue weighted by Crippen LogP contribution is -2.38. The molecule has 0 aliphatic rings. The van der Waals surface area contributed by atoms with E-state index in [2.05, 4.69) is 5.32 Å². The predicted molar refractivity (Wildman–Crippen MR) is 126 cm³/mol. The molecule has 0 radical (unpaired) electrons. The zero-order chi connectivity index (χ0) is 22.8. The minimum atomic E-state index is -3.96. The van der Waals surface area contributed by atoms with Crippen molar-refractivity contribution in [2.75, 3.05) is 16.2 Å². The molecule has 0 saturated heterocycles. The zero-order valence-electron chi connectivity index (χ0n) is 17.9. The van der Waals surface area contributed by atoms with Gasteiger partial charge in [0.05, 0.1) is 10.6 Å². The first-order valence-corrected chi connectivity index (χ1v) is 11.6. The van der Waals surface area contributed by atoms with Crippen LogP contribution >= 0.6 is 11.6 Å². The molecule has 0 fully saturated rings. The van der Waals surface area contributed by atoms with E-state index in [1.54, 1.807) is 54.6 Å². The smallest absolute Gasteiger partial charge is 0.264 e. The molecule has 0 saturated carbocycles. The standard InChI is InChI=1S/C24H25ClN2O3S/c1-16-5-11-22(12-6-16)31(29,30)27(21-10-8-17(2)19(4)13-21)15-24(28)26-20-9-7-18(3)23(25)14-20/h5-14H,15H2,1-4H3,(H,26,28). The quantitative estimate of drug-likeness (QED) is 0.539. The maximum Gasteiger partial charge on any atom is 0.264 e. The molecule has 7 heteroatoms. The van der Waals surface area contributed by atoms with Crippen LogP contribution in [0.3, 0.4) is 0 Å². The van der Waals surface area contributed by atoms with Crippen LogP contribution in [0.1, 0.15) is 22.3 Å². The van der Waals surface area contributed by atoms with E-state index >= 15 is 0 Å². The number of halogens is 1. The van der Waals surface area contributed by atoms with Gasteiger partial charge in [-0.3, -0.25) is 9.10 Å². The molecule has 0 unspecified atom stereocenters. The van der Waals surface area contributed by atoms with E-state index in [1.165, 1.54) is 0 Å². The summed E-state index contributed by atoms with van der Waals surface area (Å²) in [6.07, 6.45) is 0. The lowest BCUT2D eigenvalue weighted by Gasteiger charge is -2.25. The van der Waals surface area contributed by atoms with Crippen molar-refractivity contribution in [3.8, 4) is 0 Å². The van der Waals surface area contributed by atoms with E-state index < -0.39 is 15.9 Å². The lowest BCUT2D eigenvalue weighted by molar-refractivity contribution is -0.114. The molecule has 162 valence electrons. The molecule has 1 amide bonds. The molecular weight excluding hydrogens is 432 g/mol. The molecule has 0 bridgehead atoms. The molecule has 0 aliphatic carbocycles. The number of anilines is 2. The van der Waals surface area contributed by atoms with Crippen LogP contribution in [0.4, 0.5) is 11.4 Å². The van der Waals surface area contributed by atoms with Gasteiger partial charge in [-0.2, -0.15) is 0 Å². The number of carbonyl (C=O) groups excluding carboxylic acids is 1. The maximum atomic E-state index is 13.5. The second kappa shape index (κ2) is 9.12. The third kappa shape index (κ3) is 5.27. The average molecular weight is 457 g/mol. The molecule has 3 aromatic carbocycles. The first kappa shape index (κ1) is 22.8. The van der Waals surface area contributed by atoms with Crippen LogP contribution < -0.4 is 9.62 Å². The molecule has 1 N–H and O–H groups in total. The van der Waals surface area contributed by atoms with Crippen molar-refractivity contribution in [1.29, 1.82) is 0 Å². The number of nitrogens with zero attached hydrogens (tertiary/aromatic N) is 1. The van der Waals surface area contributed by atoms with E-state index in [4.69, 9.17) is 11.6 Å². The van der Waals surface area contributed by atoms with E-state index in [1.807, 2.05) is 33.8 Å². The van der Waals surface area contributed by atoms with E-state index in [-0.39, 0.29) is 11.4 Å². The molecule has 5 nitrogen and oxygen atoms in total. The molecule has 31 heavy (non-hydrogen) atoms. The highest BCUT2D eigenvalue weighted by molar-refractivity contribution is 7.92. The van der Waals surface area contributed by atoms with Gasteiger partial charge in [-0.15, -0.1) is 0 Å². The summed E-state index contributed by atoms with van der Waals surface area (Å²) in [6.45, 7) is 7.24. The number of carbonyl (C=O) groups is 1. The van der Waals surface area contributed by atoms with Crippen LogP contribution in [0.2, 0.25) is 5.02 Å². The average Bonchev–Trinajstić information content (AvgIpc) is 2.71. The molecule has 0 heterocycles. The fourth-order valence-corrected chi connectivity index (χ4v) is 4.63. The maximum absolute atomic E-state index is 13.5. The molecule has 3 aromatic rings. The van der Waals surface area contributed by atoms with Crippen molar-refractivity contribution >= 4 is 38.9 Å². The van der Waals surface area contributed by atoms with Gasteiger partial charge in [0, 0.05) is 10.7 Å². The summed E-state index contributed by atoms with van der Waals surface area (Å²) in [5.41, 5.74) is 4.75. The monoisotopic (exact) mass is 456 g/mol. The highest BCUT2D eigenvalue weighted by atomic mass is 35.5. The summed E-state index contributed by atoms with van der Waals surface area (Å²) < 4.78 is 28.0. The minimum Gasteiger partial charge on any atom is -0.324 e. The minimum absolute atomic E-state index is 0.127. The van der Waals surface area contributed by atoms with E-state index in [0.29, 0.717) is 16.4 Å². The number of hydrogen-bond acceptors (Lipinski definition) is 3. The molecular formula is C24H25ClN2O3S. The van der Waals surface area contributed by atoms with Gasteiger partial charge in [0.25, 0.3) is 10.0 Å². The number of hydrogen-bond donors (Lipinski definition) is 1. The second-order valence-corrected chi connectivity index (χ2v) is 9.87. The van der Waals surface area contributed by atoms with Crippen molar-refractivity contribution in [3.63, 3.8) is 0 Å². The molecule has 0 atom stereocenters. The molecule has 0 aromatic heterocycles. The fraction of sp³-hybridized carbons (Fsp3) is 0.208. The Morgan fingerprint density at radius 2 is 1.52 bits per heavy atom. The summed E-state index contributed by atoms with van der Waals surface area (Å²) in [5.74, 6) is -0.464. The number of sulfonamides is 1. The van der Waals surface area contributed by atoms with Gasteiger partial charge < -0.3 is 5.32 Å². The first-order chi connectivity index (χ1) is 14.6. The Morgan fingerprint density at radius 1 is 0.871 bits per heavy atom. The summed E-state index contributed by atoms with van der Waals surface area (Å²) >= 11 is 6.14. The van der Waals surface area contributed by atoms with E-state index in [9.17, 15) is 13.2 Å². The zero-order valence-corrected chi connectivity index (χ0v) is 19.5. The molecule has 0 aliphatic heterocycles. The summed E-state index contributed by atoms with van der Waals surface area (Å²) in [4.78, 5) is 12.9. The summed E-state index contributed by atoms with van der Waals surface area (Å²) in [7, 11) is -3.96. The van der Waals surface area contributed by atoms with Crippen LogP contribution in [0.5, 0.6) is 0 Å². The van der Waals surface area contributed by atoms with Crippen LogP contribution in [0, 0.1) is 27.7 Å². The lowest BCUT2D eigenvalue weighted by atomic mass is 10.1. The normalized spacial score (nSPS) is 11.3. The van der Waals surface area contributed by atoms with Crippen molar-refractivity contribution < 1.29 is 13.2 Å². The van der Waals surface area contributed by atoms with Crippen molar-refractivity contribution in [2.24, 2.45) is 0 Å². The van der Waals surface area contributed by atoms with Crippen LogP contribution in [0.15, 0.2) is 65.6 Å². The van der Waals surface area contributed by atoms with E-state index in [0.717, 1.165) is 26.6 Å². The Kier molecular flexibility index (Phi) is 6.72. The van der Waals surface area contributed by atoms with Crippen molar-refractivity contribution in [2.45, 2.75) is 32.6 Å². The van der Waals surface area contributed by atoms with Gasteiger partial charge in [0.15, 0.2) is 0 Å². The number of rotatable bonds is 6. The highest BCUT2D eigenvalue weighted by Crippen LogP contribution is 2.26. The van der Waals surface area contributed by atoms with Gasteiger partial charge in [0.1, 0.15) is 6.54 Å². The number of amides is 1. The van der Waals surface area contributed by atoms with Crippen LogP contribution in [-0.2, 0) is 14.8 Å². The predicted octanol–water partition coefficient (Wildman–Crippen LogP) is 5.41. The molecule has 0 spiro atoms. The topological polar surface area (TPSA) is 66.5 Å². The molecule has 3 rings (SSSR count). The third-order valence-electron chi connectivity index (χ3n) is 5.13. The number of aryl methyl sites for hydroxylation is 4. The third-order valence-corrected chi connectivity index (χ3v) is 7.33. The van der Waals surface area contributed by atoms with Gasteiger partial charge in [-0.25, -0.2) is 8.42 Å². The van der Waals surface area contributed by atoms with Crippen LogP contribution in [-0.4, -0.2) is 20.9 Å². The van der Waals surface area contributed by atoms with Gasteiger partial charge in [0.2, 0.25) is 5.91 Å². The fourth-order valence-electron chi connectivity index (χ4n) is 3.03. The largest absolute Gasteiger partial charge is 0.324 e. The Balaban J connectivity index is 1.97. The van der Waals surface area contributed by atoms with Gasteiger partial charge in [-0.1, -0.05) is 41.4 Å². The first-order valence-electron chi connectivity index (χ1n) is 9.80. The summed E-state index contributed by atoms with van der Waals surface area (Å²) in [5, 5.41) is 3.26. The Morgan fingerprint density at radius 3 is 2.13 bits per heavy atom. The van der Waals surface area contributed by atoms with Crippen molar-refractivity contribution in [1.82, 2.24) is 0 Å². The number of benzene rings is 3. The Labute approximate surface area is 188 Å². The summed E-state index contributed by atoms with van der Waals surface area (Å²) in [6, 6.07) is 17.1. The van der Waals surface area contributed by atoms with Gasteiger partial charge in [-0.05, 0) is 80.8 Å².